The van der Waals surface area contributed by atoms with Gasteiger partial charge in [-0.05, 0) is 32.4 Å². The Morgan fingerprint density at radius 3 is 2.00 bits per heavy atom. The summed E-state index contributed by atoms with van der Waals surface area (Å²) in [5.41, 5.74) is 3.24. The Kier molecular flexibility index (Phi) is 10.9. The second kappa shape index (κ2) is 10.2. The topological polar surface area (TPSA) is 28.7 Å². The average Bonchev–Trinajstić information content (AvgIpc) is 2.63. The molecule has 0 atom stereocenters. The third-order valence-electron chi connectivity index (χ3n) is 1.73. The lowest BCUT2D eigenvalue weighted by atomic mass is 10.2. The fourth-order valence-electron chi connectivity index (χ4n) is 1.04. The van der Waals surface area contributed by atoms with Crippen LogP contribution in [0.2, 0.25) is 0 Å². The van der Waals surface area contributed by atoms with Crippen molar-refractivity contribution in [1.29, 1.82) is 0 Å². The zero-order valence-electron chi connectivity index (χ0n) is 11.8. The summed E-state index contributed by atoms with van der Waals surface area (Å²) < 4.78 is 0. The number of hydrogen-bond donors (Lipinski definition) is 1. The number of allylic oxidation sites excluding steroid dienone is 2. The van der Waals surface area contributed by atoms with Crippen LogP contribution in [0.15, 0.2) is 18.2 Å². The van der Waals surface area contributed by atoms with Crippen LogP contribution in [0, 0.1) is 13.8 Å². The number of H-pyrrole nitrogens is 1. The summed E-state index contributed by atoms with van der Waals surface area (Å²) in [6.45, 7) is 17.7. The molecule has 1 N–H and O–H groups in total. The smallest absolute Gasteiger partial charge is 0.103 e. The minimum Gasteiger partial charge on any atom is -0.346 e. The van der Waals surface area contributed by atoms with E-state index >= 15 is 0 Å². The van der Waals surface area contributed by atoms with E-state index in [4.69, 9.17) is 0 Å². The molecule has 0 saturated heterocycles. The summed E-state index contributed by atoms with van der Waals surface area (Å²) in [4.78, 5) is 7.47. The molecule has 1 rings (SSSR count). The van der Waals surface area contributed by atoms with E-state index in [0.717, 1.165) is 22.8 Å². The molecule has 16 heavy (non-hydrogen) atoms. The van der Waals surface area contributed by atoms with Gasteiger partial charge in [-0.3, -0.25) is 0 Å². The van der Waals surface area contributed by atoms with E-state index in [9.17, 15) is 0 Å². The van der Waals surface area contributed by atoms with Gasteiger partial charge in [0.2, 0.25) is 0 Å². The highest BCUT2D eigenvalue weighted by Gasteiger charge is 1.99. The minimum atomic E-state index is 0.954. The van der Waals surface area contributed by atoms with Gasteiger partial charge in [0.25, 0.3) is 0 Å². The Labute approximate surface area is 101 Å². The van der Waals surface area contributed by atoms with Crippen LogP contribution < -0.4 is 0 Å². The van der Waals surface area contributed by atoms with Crippen molar-refractivity contribution in [1.82, 2.24) is 9.97 Å². The predicted octanol–water partition coefficient (Wildman–Crippen LogP) is 4.67. The van der Waals surface area contributed by atoms with Gasteiger partial charge < -0.3 is 4.98 Å². The lowest BCUT2D eigenvalue weighted by Crippen LogP contribution is -1.77. The number of aromatic nitrogens is 2. The SMILES string of the molecule is C=C/C(C)=C\c1nc(C)[nH]c1C.CC.CC. The third kappa shape index (κ3) is 6.23. The summed E-state index contributed by atoms with van der Waals surface area (Å²) in [7, 11) is 0. The summed E-state index contributed by atoms with van der Waals surface area (Å²) >= 11 is 0. The first-order chi connectivity index (χ1) is 7.63. The molecule has 92 valence electrons. The first-order valence-electron chi connectivity index (χ1n) is 5.97. The van der Waals surface area contributed by atoms with E-state index in [-0.39, 0.29) is 0 Å². The second-order valence-corrected chi connectivity index (χ2v) is 2.92. The first kappa shape index (κ1) is 17.1. The fraction of sp³-hybridized carbons (Fsp3) is 0.500. The van der Waals surface area contributed by atoms with Crippen LogP contribution in [0.3, 0.4) is 0 Å². The molecule has 1 aromatic heterocycles. The van der Waals surface area contributed by atoms with E-state index in [2.05, 4.69) is 16.5 Å². The van der Waals surface area contributed by atoms with Gasteiger partial charge in [0.05, 0.1) is 5.69 Å². The molecular formula is C14H26N2. The average molecular weight is 222 g/mol. The van der Waals surface area contributed by atoms with Crippen LogP contribution in [0.1, 0.15) is 51.8 Å². The van der Waals surface area contributed by atoms with Gasteiger partial charge >= 0.3 is 0 Å². The van der Waals surface area contributed by atoms with E-state index in [1.165, 1.54) is 0 Å². The standard InChI is InChI=1S/C10H14N2.2C2H6/c1-5-7(2)6-10-8(3)11-9(4)12-10;2*1-2/h5-6H,1H2,2-4H3,(H,11,12);2*1-2H3/b7-6-;;. The molecule has 1 aromatic rings. The van der Waals surface area contributed by atoms with Gasteiger partial charge in [0.1, 0.15) is 5.82 Å². The number of aryl methyl sites for hydroxylation is 2. The van der Waals surface area contributed by atoms with Crippen LogP contribution in [0.4, 0.5) is 0 Å². The molecule has 0 saturated carbocycles. The van der Waals surface area contributed by atoms with Crippen molar-refractivity contribution in [3.63, 3.8) is 0 Å². The molecule has 0 radical (unpaired) electrons. The van der Waals surface area contributed by atoms with Crippen molar-refractivity contribution in [2.24, 2.45) is 0 Å². The Morgan fingerprint density at radius 2 is 1.69 bits per heavy atom. The minimum absolute atomic E-state index is 0.954. The van der Waals surface area contributed by atoms with Crippen molar-refractivity contribution < 1.29 is 0 Å². The highest BCUT2D eigenvalue weighted by molar-refractivity contribution is 5.53. The first-order valence-corrected chi connectivity index (χ1v) is 5.97. The Bertz CT molecular complexity index is 319. The number of imidazole rings is 1. The number of aromatic amines is 1. The van der Waals surface area contributed by atoms with Crippen molar-refractivity contribution in [3.8, 4) is 0 Å². The monoisotopic (exact) mass is 222 g/mol. The van der Waals surface area contributed by atoms with Crippen LogP contribution in [-0.2, 0) is 0 Å². The highest BCUT2D eigenvalue weighted by atomic mass is 14.9. The van der Waals surface area contributed by atoms with Crippen LogP contribution >= 0.6 is 0 Å². The third-order valence-corrected chi connectivity index (χ3v) is 1.73. The maximum atomic E-state index is 4.32. The van der Waals surface area contributed by atoms with Crippen LogP contribution in [0.25, 0.3) is 6.08 Å². The quantitative estimate of drug-likeness (QED) is 0.724. The molecule has 0 aliphatic carbocycles. The zero-order valence-corrected chi connectivity index (χ0v) is 11.8. The maximum Gasteiger partial charge on any atom is 0.103 e. The molecule has 1 heterocycles. The molecule has 0 amide bonds. The lowest BCUT2D eigenvalue weighted by Gasteiger charge is -1.90. The van der Waals surface area contributed by atoms with Crippen LogP contribution in [-0.4, -0.2) is 9.97 Å². The largest absolute Gasteiger partial charge is 0.346 e. The van der Waals surface area contributed by atoms with Gasteiger partial charge in [-0.25, -0.2) is 4.98 Å². The van der Waals surface area contributed by atoms with E-state index < -0.39 is 0 Å². The van der Waals surface area contributed by atoms with Crippen LogP contribution in [0.5, 0.6) is 0 Å². The number of nitrogens with zero attached hydrogens (tertiary/aromatic N) is 1. The fourth-order valence-corrected chi connectivity index (χ4v) is 1.04. The molecular weight excluding hydrogens is 196 g/mol. The van der Waals surface area contributed by atoms with Crippen molar-refractivity contribution >= 4 is 6.08 Å². The lowest BCUT2D eigenvalue weighted by molar-refractivity contribution is 1.13. The molecule has 0 unspecified atom stereocenters. The second-order valence-electron chi connectivity index (χ2n) is 2.92. The van der Waals surface area contributed by atoms with E-state index in [1.54, 1.807) is 0 Å². The normalized spacial score (nSPS) is 9.56. The van der Waals surface area contributed by atoms with E-state index in [1.807, 2.05) is 60.6 Å². The molecule has 0 aromatic carbocycles. The molecule has 0 fully saturated rings. The summed E-state index contributed by atoms with van der Waals surface area (Å²) in [5.74, 6) is 0.954. The zero-order chi connectivity index (χ0) is 13.1. The molecule has 0 aliphatic heterocycles. The number of rotatable bonds is 2. The van der Waals surface area contributed by atoms with Crippen molar-refractivity contribution in [2.45, 2.75) is 48.5 Å². The number of nitrogens with one attached hydrogen (secondary N) is 1. The number of hydrogen-bond acceptors (Lipinski definition) is 1. The molecule has 2 nitrogen and oxygen atoms in total. The van der Waals surface area contributed by atoms with Crippen molar-refractivity contribution in [3.05, 3.63) is 35.4 Å². The highest BCUT2D eigenvalue weighted by Crippen LogP contribution is 2.09. The maximum absolute atomic E-state index is 4.32. The van der Waals surface area contributed by atoms with Gasteiger partial charge in [0.15, 0.2) is 0 Å². The Balaban J connectivity index is 0. The van der Waals surface area contributed by atoms with Gasteiger partial charge in [-0.2, -0.15) is 0 Å². The summed E-state index contributed by atoms with van der Waals surface area (Å²) in [6.07, 6.45) is 3.84. The van der Waals surface area contributed by atoms with Crippen molar-refractivity contribution in [2.75, 3.05) is 0 Å². The van der Waals surface area contributed by atoms with E-state index in [0.29, 0.717) is 0 Å². The predicted molar refractivity (Wildman–Crippen MR) is 74.6 cm³/mol. The van der Waals surface area contributed by atoms with Gasteiger partial charge in [-0.15, -0.1) is 0 Å². The van der Waals surface area contributed by atoms with Gasteiger partial charge in [-0.1, -0.05) is 40.3 Å². The summed E-state index contributed by atoms with van der Waals surface area (Å²) in [5, 5.41) is 0. The Morgan fingerprint density at radius 1 is 1.19 bits per heavy atom. The molecule has 0 aliphatic rings. The summed E-state index contributed by atoms with van der Waals surface area (Å²) in [6, 6.07) is 0. The Hall–Kier alpha value is -1.31. The molecule has 2 heteroatoms. The molecule has 0 spiro atoms. The van der Waals surface area contributed by atoms with Gasteiger partial charge in [0, 0.05) is 5.69 Å². The molecule has 0 bridgehead atoms.